The molecule has 2 aliphatic carbocycles. The minimum atomic E-state index is -0.213. The third kappa shape index (κ3) is 4.03. The van der Waals surface area contributed by atoms with Crippen LogP contribution >= 0.6 is 0 Å². The first-order valence-corrected chi connectivity index (χ1v) is 10.9. The van der Waals surface area contributed by atoms with Gasteiger partial charge < -0.3 is 14.5 Å². The van der Waals surface area contributed by atoms with Crippen LogP contribution in [0.25, 0.3) is 0 Å². The summed E-state index contributed by atoms with van der Waals surface area (Å²) in [6, 6.07) is -0.213. The Morgan fingerprint density at radius 1 is 1.11 bits per heavy atom. The topological polar surface area (TPSA) is 49.9 Å². The number of hydrogen-bond acceptors (Lipinski definition) is 3. The number of methoxy groups -OCH3 is 1. The Hall–Kier alpha value is -2.04. The molecule has 2 atom stereocenters. The lowest BCUT2D eigenvalue weighted by Gasteiger charge is -2.30. The number of ether oxygens (including phenoxy) is 1. The van der Waals surface area contributed by atoms with Crippen molar-refractivity contribution in [3.05, 3.63) is 35.1 Å². The Kier molecular flexibility index (Phi) is 5.88. The molecule has 152 valence electrons. The average Bonchev–Trinajstić information content (AvgIpc) is 3.37. The van der Waals surface area contributed by atoms with E-state index >= 15 is 0 Å². The molecule has 4 aliphatic rings. The second kappa shape index (κ2) is 8.54. The Morgan fingerprint density at radius 3 is 2.71 bits per heavy atom. The van der Waals surface area contributed by atoms with E-state index in [1.165, 1.54) is 11.1 Å². The third-order valence-electron chi connectivity index (χ3n) is 6.79. The fourth-order valence-electron chi connectivity index (χ4n) is 5.15. The predicted molar refractivity (Wildman–Crippen MR) is 108 cm³/mol. The van der Waals surface area contributed by atoms with Gasteiger partial charge in [-0.3, -0.25) is 9.59 Å². The van der Waals surface area contributed by atoms with E-state index in [4.69, 9.17) is 4.74 Å². The maximum absolute atomic E-state index is 13.1. The van der Waals surface area contributed by atoms with Crippen LogP contribution in [0.4, 0.5) is 0 Å². The quantitative estimate of drug-likeness (QED) is 0.744. The van der Waals surface area contributed by atoms with Crippen molar-refractivity contribution in [2.45, 2.75) is 63.8 Å². The molecule has 2 saturated heterocycles. The van der Waals surface area contributed by atoms with Crippen molar-refractivity contribution >= 4 is 11.8 Å². The molecule has 0 bridgehead atoms. The van der Waals surface area contributed by atoms with Crippen LogP contribution in [0.3, 0.4) is 0 Å². The Labute approximate surface area is 168 Å². The summed E-state index contributed by atoms with van der Waals surface area (Å²) in [5, 5.41) is 0. The summed E-state index contributed by atoms with van der Waals surface area (Å²) in [4.78, 5) is 29.7. The molecule has 0 N–H and O–H groups in total. The molecule has 2 amide bonds. The maximum atomic E-state index is 13.1. The van der Waals surface area contributed by atoms with Crippen molar-refractivity contribution in [1.29, 1.82) is 0 Å². The molecule has 28 heavy (non-hydrogen) atoms. The fourth-order valence-corrected chi connectivity index (χ4v) is 5.15. The van der Waals surface area contributed by atoms with Gasteiger partial charge in [0.15, 0.2) is 0 Å². The molecule has 0 saturated carbocycles. The third-order valence-corrected chi connectivity index (χ3v) is 6.79. The van der Waals surface area contributed by atoms with Crippen LogP contribution in [-0.2, 0) is 14.3 Å². The zero-order valence-corrected chi connectivity index (χ0v) is 17.0. The lowest BCUT2D eigenvalue weighted by molar-refractivity contribution is -0.143. The predicted octanol–water partition coefficient (Wildman–Crippen LogP) is 3.58. The van der Waals surface area contributed by atoms with Crippen LogP contribution in [0.15, 0.2) is 35.1 Å². The molecule has 0 aromatic heterocycles. The van der Waals surface area contributed by atoms with E-state index < -0.39 is 0 Å². The molecule has 2 heterocycles. The van der Waals surface area contributed by atoms with Gasteiger partial charge >= 0.3 is 0 Å². The van der Waals surface area contributed by atoms with Crippen LogP contribution in [0.2, 0.25) is 0 Å². The van der Waals surface area contributed by atoms with Gasteiger partial charge in [-0.15, -0.1) is 0 Å². The van der Waals surface area contributed by atoms with E-state index in [0.717, 1.165) is 76.8 Å². The number of carbonyl (C=O) groups excluding carboxylic acids is 2. The van der Waals surface area contributed by atoms with Gasteiger partial charge in [0.1, 0.15) is 11.8 Å². The monoisotopic (exact) mass is 384 g/mol. The van der Waals surface area contributed by atoms with Gasteiger partial charge in [-0.1, -0.05) is 11.6 Å². The second-order valence-electron chi connectivity index (χ2n) is 8.57. The number of rotatable bonds is 4. The number of carbonyl (C=O) groups is 2. The molecule has 2 aliphatic heterocycles. The Morgan fingerprint density at radius 2 is 1.93 bits per heavy atom. The summed E-state index contributed by atoms with van der Waals surface area (Å²) in [7, 11) is 1.71. The van der Waals surface area contributed by atoms with Crippen molar-refractivity contribution < 1.29 is 14.3 Å². The van der Waals surface area contributed by atoms with Gasteiger partial charge in [0.05, 0.1) is 7.11 Å². The normalized spacial score (nSPS) is 27.5. The highest BCUT2D eigenvalue weighted by molar-refractivity contribution is 5.88. The van der Waals surface area contributed by atoms with Crippen LogP contribution in [0, 0.1) is 5.92 Å². The summed E-state index contributed by atoms with van der Waals surface area (Å²) in [5.74, 6) is 1.66. The molecule has 0 aromatic carbocycles. The van der Waals surface area contributed by atoms with Crippen molar-refractivity contribution in [2.75, 3.05) is 26.7 Å². The standard InChI is InChI=1S/C23H32N2O3/c1-28-20-10-8-18-7-6-17(15-19(18)9-11-20)16-22(26)25-14-4-5-21(25)23(27)24-12-2-3-13-24/h9-11,17,21H,2-8,12-16H2,1H3/t17?,21-/m0/s1. The van der Waals surface area contributed by atoms with Gasteiger partial charge in [0, 0.05) is 26.1 Å². The summed E-state index contributed by atoms with van der Waals surface area (Å²) >= 11 is 0. The molecule has 2 fully saturated rings. The molecule has 5 heteroatoms. The van der Waals surface area contributed by atoms with Gasteiger partial charge in [-0.25, -0.2) is 0 Å². The van der Waals surface area contributed by atoms with Crippen molar-refractivity contribution in [3.63, 3.8) is 0 Å². The molecular formula is C23H32N2O3. The lowest BCUT2D eigenvalue weighted by Crippen LogP contribution is -2.47. The van der Waals surface area contributed by atoms with Crippen LogP contribution < -0.4 is 0 Å². The van der Waals surface area contributed by atoms with Crippen molar-refractivity contribution in [1.82, 2.24) is 9.80 Å². The van der Waals surface area contributed by atoms with E-state index in [1.54, 1.807) is 7.11 Å². The Bertz CT molecular complexity index is 715. The molecule has 0 aromatic rings. The highest BCUT2D eigenvalue weighted by Crippen LogP contribution is 2.36. The average molecular weight is 385 g/mol. The summed E-state index contributed by atoms with van der Waals surface area (Å²) in [6.07, 6.45) is 14.9. The van der Waals surface area contributed by atoms with Gasteiger partial charge in [-0.2, -0.15) is 0 Å². The minimum Gasteiger partial charge on any atom is -0.497 e. The zero-order chi connectivity index (χ0) is 19.5. The van der Waals surface area contributed by atoms with Gasteiger partial charge in [-0.05, 0) is 75.0 Å². The maximum Gasteiger partial charge on any atom is 0.245 e. The molecular weight excluding hydrogens is 352 g/mol. The van der Waals surface area contributed by atoms with Gasteiger partial charge in [0.2, 0.25) is 11.8 Å². The summed E-state index contributed by atoms with van der Waals surface area (Å²) < 4.78 is 5.36. The van der Waals surface area contributed by atoms with Crippen molar-refractivity contribution in [2.24, 2.45) is 5.92 Å². The summed E-state index contributed by atoms with van der Waals surface area (Å²) in [6.45, 7) is 2.46. The first kappa shape index (κ1) is 19.3. The number of nitrogens with zero attached hydrogens (tertiary/aromatic N) is 2. The fraction of sp³-hybridized carbons (Fsp3) is 0.652. The molecule has 4 rings (SSSR count). The largest absolute Gasteiger partial charge is 0.497 e. The summed E-state index contributed by atoms with van der Waals surface area (Å²) in [5.41, 5.74) is 2.86. The number of hydrogen-bond donors (Lipinski definition) is 0. The van der Waals surface area contributed by atoms with E-state index in [9.17, 15) is 9.59 Å². The van der Waals surface area contributed by atoms with E-state index in [1.807, 2.05) is 15.9 Å². The Balaban J connectivity index is 1.36. The smallest absolute Gasteiger partial charge is 0.245 e. The van der Waals surface area contributed by atoms with E-state index in [2.05, 4.69) is 12.2 Å². The zero-order valence-electron chi connectivity index (χ0n) is 17.0. The molecule has 5 nitrogen and oxygen atoms in total. The van der Waals surface area contributed by atoms with E-state index in [0.29, 0.717) is 12.3 Å². The van der Waals surface area contributed by atoms with Gasteiger partial charge in [0.25, 0.3) is 0 Å². The highest BCUT2D eigenvalue weighted by Gasteiger charge is 2.37. The van der Waals surface area contributed by atoms with Crippen LogP contribution in [0.1, 0.15) is 57.8 Å². The number of likely N-dealkylation sites (tertiary alicyclic amines) is 2. The number of amides is 2. The molecule has 0 radical (unpaired) electrons. The number of allylic oxidation sites excluding steroid dienone is 5. The molecule has 0 spiro atoms. The van der Waals surface area contributed by atoms with Crippen LogP contribution in [-0.4, -0.2) is 54.4 Å². The SMILES string of the molecule is COC1=CCC2=C(C=C1)CC(CC(=O)N1CCC[C@H]1C(=O)N1CCCC1)CC2. The highest BCUT2D eigenvalue weighted by atomic mass is 16.5. The molecule has 1 unspecified atom stereocenters. The van der Waals surface area contributed by atoms with Crippen LogP contribution in [0.5, 0.6) is 0 Å². The van der Waals surface area contributed by atoms with E-state index in [-0.39, 0.29) is 17.9 Å². The lowest BCUT2D eigenvalue weighted by atomic mass is 9.81. The second-order valence-corrected chi connectivity index (χ2v) is 8.57. The first-order valence-electron chi connectivity index (χ1n) is 10.9. The minimum absolute atomic E-state index is 0.178. The van der Waals surface area contributed by atoms with Crippen molar-refractivity contribution in [3.8, 4) is 0 Å². The first-order chi connectivity index (χ1) is 13.7.